The van der Waals surface area contributed by atoms with Crippen LogP contribution in [0.5, 0.6) is 0 Å². The molecule has 3 rings (SSSR count). The molecule has 1 aromatic carbocycles. The molecule has 2 saturated heterocycles. The monoisotopic (exact) mass is 443 g/mol. The molecular weight excluding hydrogens is 418 g/mol. The molecule has 144 valence electrons. The van der Waals surface area contributed by atoms with Crippen molar-refractivity contribution in [2.24, 2.45) is 5.92 Å². The standard InChI is InChI=1S/C18H26BrN3O3S/c1-2-20-10-12-21(13-11-20)18(23)15-4-3-9-22(14-15)26(24,25)17-7-5-16(19)6-8-17/h5-8,15H,2-4,9-14H2,1H3/t15-/m0/s1. The number of benzene rings is 1. The fourth-order valence-corrected chi connectivity index (χ4v) is 5.45. The van der Waals surface area contributed by atoms with E-state index in [1.54, 1.807) is 24.3 Å². The lowest BCUT2D eigenvalue weighted by Crippen LogP contribution is -2.52. The molecule has 26 heavy (non-hydrogen) atoms. The molecule has 0 aromatic heterocycles. The predicted molar refractivity (Wildman–Crippen MR) is 104 cm³/mol. The van der Waals surface area contributed by atoms with Crippen LogP contribution in [-0.2, 0) is 14.8 Å². The maximum Gasteiger partial charge on any atom is 0.243 e. The number of amides is 1. The van der Waals surface area contributed by atoms with Gasteiger partial charge < -0.3 is 9.80 Å². The van der Waals surface area contributed by atoms with Crippen molar-refractivity contribution in [2.45, 2.75) is 24.7 Å². The fraction of sp³-hybridized carbons (Fsp3) is 0.611. The Morgan fingerprint density at radius 3 is 2.38 bits per heavy atom. The second-order valence-electron chi connectivity index (χ2n) is 6.92. The largest absolute Gasteiger partial charge is 0.340 e. The summed E-state index contributed by atoms with van der Waals surface area (Å²) in [7, 11) is -3.56. The van der Waals surface area contributed by atoms with Crippen LogP contribution in [0.4, 0.5) is 0 Å². The van der Waals surface area contributed by atoms with E-state index in [1.165, 1.54) is 4.31 Å². The summed E-state index contributed by atoms with van der Waals surface area (Å²) in [6.45, 7) is 7.17. The summed E-state index contributed by atoms with van der Waals surface area (Å²) in [6.07, 6.45) is 1.49. The van der Waals surface area contributed by atoms with Crippen LogP contribution in [0.15, 0.2) is 33.6 Å². The van der Waals surface area contributed by atoms with E-state index in [1.807, 2.05) is 4.90 Å². The van der Waals surface area contributed by atoms with E-state index in [2.05, 4.69) is 27.8 Å². The number of carbonyl (C=O) groups is 1. The maximum atomic E-state index is 12.9. The average molecular weight is 444 g/mol. The van der Waals surface area contributed by atoms with Crippen LogP contribution < -0.4 is 0 Å². The number of rotatable bonds is 4. The van der Waals surface area contributed by atoms with Crippen molar-refractivity contribution in [3.8, 4) is 0 Å². The van der Waals surface area contributed by atoms with Crippen LogP contribution in [0.25, 0.3) is 0 Å². The molecule has 0 radical (unpaired) electrons. The van der Waals surface area contributed by atoms with Gasteiger partial charge >= 0.3 is 0 Å². The fourth-order valence-electron chi connectivity index (χ4n) is 3.66. The van der Waals surface area contributed by atoms with Gasteiger partial charge in [-0.15, -0.1) is 0 Å². The lowest BCUT2D eigenvalue weighted by atomic mass is 9.98. The third-order valence-electron chi connectivity index (χ3n) is 5.32. The van der Waals surface area contributed by atoms with Gasteiger partial charge in [-0.3, -0.25) is 4.79 Å². The van der Waals surface area contributed by atoms with Gasteiger partial charge in [0.25, 0.3) is 0 Å². The van der Waals surface area contributed by atoms with E-state index >= 15 is 0 Å². The number of likely N-dealkylation sites (N-methyl/N-ethyl adjacent to an activating group) is 1. The number of piperidine rings is 1. The first-order valence-corrected chi connectivity index (χ1v) is 11.4. The highest BCUT2D eigenvalue weighted by Gasteiger charge is 2.35. The minimum Gasteiger partial charge on any atom is -0.340 e. The summed E-state index contributed by atoms with van der Waals surface area (Å²) in [4.78, 5) is 17.4. The van der Waals surface area contributed by atoms with E-state index in [-0.39, 0.29) is 23.3 Å². The summed E-state index contributed by atoms with van der Waals surface area (Å²) >= 11 is 3.33. The van der Waals surface area contributed by atoms with Crippen LogP contribution in [-0.4, -0.2) is 74.2 Å². The van der Waals surface area contributed by atoms with Gasteiger partial charge in [-0.05, 0) is 43.7 Å². The van der Waals surface area contributed by atoms with Crippen molar-refractivity contribution < 1.29 is 13.2 Å². The normalized spacial score (nSPS) is 23.2. The number of hydrogen-bond acceptors (Lipinski definition) is 4. The van der Waals surface area contributed by atoms with Crippen molar-refractivity contribution in [1.29, 1.82) is 0 Å². The Hall–Kier alpha value is -0.960. The second kappa shape index (κ2) is 8.37. The first kappa shape index (κ1) is 19.8. The SMILES string of the molecule is CCN1CCN(C(=O)[C@H]2CCCN(S(=O)(=O)c3ccc(Br)cc3)C2)CC1. The van der Waals surface area contributed by atoms with Crippen LogP contribution in [0, 0.1) is 5.92 Å². The van der Waals surface area contributed by atoms with Gasteiger partial charge in [0.1, 0.15) is 0 Å². The Morgan fingerprint density at radius 1 is 1.12 bits per heavy atom. The molecule has 0 unspecified atom stereocenters. The third kappa shape index (κ3) is 4.30. The molecule has 1 aromatic rings. The van der Waals surface area contributed by atoms with Crippen molar-refractivity contribution in [1.82, 2.24) is 14.1 Å². The van der Waals surface area contributed by atoms with Gasteiger partial charge in [-0.25, -0.2) is 8.42 Å². The Morgan fingerprint density at radius 2 is 1.77 bits per heavy atom. The smallest absolute Gasteiger partial charge is 0.243 e. The summed E-state index contributed by atoms with van der Waals surface area (Å²) in [5.74, 6) is -0.126. The van der Waals surface area contributed by atoms with Gasteiger partial charge in [-0.2, -0.15) is 4.31 Å². The van der Waals surface area contributed by atoms with Crippen molar-refractivity contribution in [3.05, 3.63) is 28.7 Å². The number of nitrogens with zero attached hydrogens (tertiary/aromatic N) is 3. The molecule has 2 fully saturated rings. The zero-order chi connectivity index (χ0) is 18.7. The zero-order valence-corrected chi connectivity index (χ0v) is 17.5. The molecule has 0 bridgehead atoms. The Bertz CT molecular complexity index is 731. The average Bonchev–Trinajstić information content (AvgIpc) is 2.68. The molecule has 2 aliphatic rings. The molecule has 0 spiro atoms. The van der Waals surface area contributed by atoms with Crippen molar-refractivity contribution in [3.63, 3.8) is 0 Å². The third-order valence-corrected chi connectivity index (χ3v) is 7.72. The van der Waals surface area contributed by atoms with Crippen LogP contribution in [0.2, 0.25) is 0 Å². The molecule has 2 heterocycles. The molecule has 0 N–H and O–H groups in total. The minimum absolute atomic E-state index is 0.108. The van der Waals surface area contributed by atoms with E-state index < -0.39 is 10.0 Å². The van der Waals surface area contributed by atoms with E-state index in [9.17, 15) is 13.2 Å². The molecule has 2 aliphatic heterocycles. The molecule has 0 aliphatic carbocycles. The predicted octanol–water partition coefficient (Wildman–Crippen LogP) is 2.01. The quantitative estimate of drug-likeness (QED) is 0.713. The summed E-state index contributed by atoms with van der Waals surface area (Å²) in [5.41, 5.74) is 0. The van der Waals surface area contributed by atoms with Crippen LogP contribution in [0.3, 0.4) is 0 Å². The Labute approximate surface area is 164 Å². The van der Waals surface area contributed by atoms with Gasteiger partial charge in [0.15, 0.2) is 0 Å². The van der Waals surface area contributed by atoms with Gasteiger partial charge in [0.05, 0.1) is 10.8 Å². The summed E-state index contributed by atoms with van der Waals surface area (Å²) < 4.78 is 28.1. The first-order chi connectivity index (χ1) is 12.4. The molecule has 1 amide bonds. The maximum absolute atomic E-state index is 12.9. The molecule has 0 saturated carbocycles. The molecular formula is C18H26BrN3O3S. The Balaban J connectivity index is 1.67. The number of sulfonamides is 1. The van der Waals surface area contributed by atoms with E-state index in [0.717, 1.165) is 50.0 Å². The highest BCUT2D eigenvalue weighted by atomic mass is 79.9. The Kier molecular flexibility index (Phi) is 6.37. The minimum atomic E-state index is -3.56. The van der Waals surface area contributed by atoms with Crippen LogP contribution >= 0.6 is 15.9 Å². The van der Waals surface area contributed by atoms with Crippen molar-refractivity contribution >= 4 is 31.9 Å². The number of hydrogen-bond donors (Lipinski definition) is 0. The van der Waals surface area contributed by atoms with Gasteiger partial charge in [0.2, 0.25) is 15.9 Å². The second-order valence-corrected chi connectivity index (χ2v) is 9.77. The molecule has 1 atom stereocenters. The lowest BCUT2D eigenvalue weighted by molar-refractivity contribution is -0.138. The highest BCUT2D eigenvalue weighted by Crippen LogP contribution is 2.26. The number of piperazine rings is 1. The van der Waals surface area contributed by atoms with E-state index in [4.69, 9.17) is 0 Å². The van der Waals surface area contributed by atoms with Gasteiger partial charge in [-0.1, -0.05) is 22.9 Å². The van der Waals surface area contributed by atoms with Crippen LogP contribution in [0.1, 0.15) is 19.8 Å². The first-order valence-electron chi connectivity index (χ1n) is 9.18. The topological polar surface area (TPSA) is 60.9 Å². The lowest BCUT2D eigenvalue weighted by Gasteiger charge is -2.38. The number of carbonyl (C=O) groups excluding carboxylic acids is 1. The molecule has 6 nitrogen and oxygen atoms in total. The van der Waals surface area contributed by atoms with E-state index in [0.29, 0.717) is 6.54 Å². The molecule has 8 heteroatoms. The zero-order valence-electron chi connectivity index (χ0n) is 15.1. The van der Waals surface area contributed by atoms with Gasteiger partial charge in [0, 0.05) is 43.7 Å². The summed E-state index contributed by atoms with van der Waals surface area (Å²) in [5, 5.41) is 0. The number of halogens is 1. The highest BCUT2D eigenvalue weighted by molar-refractivity contribution is 9.10. The summed E-state index contributed by atoms with van der Waals surface area (Å²) in [6, 6.07) is 6.67. The van der Waals surface area contributed by atoms with Crippen molar-refractivity contribution in [2.75, 3.05) is 45.8 Å².